The number of rotatable bonds is 8. The zero-order chi connectivity index (χ0) is 16.7. The van der Waals surface area contributed by atoms with Crippen molar-refractivity contribution in [2.75, 3.05) is 31.0 Å². The van der Waals surface area contributed by atoms with Crippen molar-refractivity contribution in [2.24, 2.45) is 0 Å². The Kier molecular flexibility index (Phi) is 7.00. The first-order chi connectivity index (χ1) is 11.2. The molecule has 9 heteroatoms. The lowest BCUT2D eigenvalue weighted by atomic mass is 10.2. The third kappa shape index (κ3) is 5.29. The van der Waals surface area contributed by atoms with E-state index in [1.165, 1.54) is 23.1 Å². The van der Waals surface area contributed by atoms with Crippen LogP contribution in [0.3, 0.4) is 0 Å². The van der Waals surface area contributed by atoms with Gasteiger partial charge in [0.05, 0.1) is 20.0 Å². The predicted molar refractivity (Wildman–Crippen MR) is 95.2 cm³/mol. The minimum Gasteiger partial charge on any atom is -0.493 e. The quantitative estimate of drug-likeness (QED) is 0.713. The van der Waals surface area contributed by atoms with E-state index < -0.39 is 0 Å². The Hall–Kier alpha value is -1.45. The van der Waals surface area contributed by atoms with Gasteiger partial charge in [-0.1, -0.05) is 41.8 Å². The second kappa shape index (κ2) is 8.99. The minimum atomic E-state index is -0.109. The normalized spacial score (nSPS) is 10.4. The first kappa shape index (κ1) is 17.9. The summed E-state index contributed by atoms with van der Waals surface area (Å²) in [4.78, 5) is 12.0. The fourth-order valence-corrected chi connectivity index (χ4v) is 4.39. The zero-order valence-electron chi connectivity index (χ0n) is 13.0. The number of anilines is 1. The summed E-state index contributed by atoms with van der Waals surface area (Å²) in [6.07, 6.45) is 0. The summed E-state index contributed by atoms with van der Waals surface area (Å²) in [5.74, 6) is 2.32. The number of thioether (sulfide) groups is 2. The van der Waals surface area contributed by atoms with Crippen LogP contribution in [0, 0.1) is 0 Å². The number of ether oxygens (including phenoxy) is 2. The number of methoxy groups -OCH3 is 2. The summed E-state index contributed by atoms with van der Waals surface area (Å²) in [5.41, 5.74) is 0.660. The molecule has 0 radical (unpaired) electrons. The van der Waals surface area contributed by atoms with Gasteiger partial charge in [-0.3, -0.25) is 4.79 Å². The molecule has 2 aromatic rings. The molecule has 1 N–H and O–H groups in total. The van der Waals surface area contributed by atoms with E-state index in [4.69, 9.17) is 9.47 Å². The summed E-state index contributed by atoms with van der Waals surface area (Å²) in [7, 11) is 3.13. The van der Waals surface area contributed by atoms with E-state index in [1.807, 2.05) is 0 Å². The van der Waals surface area contributed by atoms with Crippen molar-refractivity contribution < 1.29 is 14.3 Å². The number of carbonyl (C=O) groups is 1. The number of nitrogens with one attached hydrogen (secondary N) is 1. The van der Waals surface area contributed by atoms with Crippen LogP contribution in [0.25, 0.3) is 0 Å². The monoisotopic (exact) mass is 371 g/mol. The molecule has 0 saturated heterocycles. The topological polar surface area (TPSA) is 73.3 Å². The van der Waals surface area contributed by atoms with Crippen LogP contribution in [-0.2, 0) is 4.79 Å². The first-order valence-corrected chi connectivity index (χ1v) is 9.56. The van der Waals surface area contributed by atoms with E-state index in [1.54, 1.807) is 44.2 Å². The molecule has 0 aliphatic heterocycles. The molecule has 0 bridgehead atoms. The average Bonchev–Trinajstić information content (AvgIpc) is 3.01. The van der Waals surface area contributed by atoms with Gasteiger partial charge in [-0.15, -0.1) is 10.2 Å². The van der Waals surface area contributed by atoms with Gasteiger partial charge in [-0.05, 0) is 17.9 Å². The molecule has 1 aromatic carbocycles. The summed E-state index contributed by atoms with van der Waals surface area (Å²) in [6.45, 7) is 2.06. The van der Waals surface area contributed by atoms with E-state index in [9.17, 15) is 4.79 Å². The van der Waals surface area contributed by atoms with Crippen molar-refractivity contribution in [3.05, 3.63) is 18.2 Å². The van der Waals surface area contributed by atoms with Crippen LogP contribution < -0.4 is 14.8 Å². The summed E-state index contributed by atoms with van der Waals surface area (Å²) in [5, 5.41) is 10.9. The highest BCUT2D eigenvalue weighted by molar-refractivity contribution is 8.03. The summed E-state index contributed by atoms with van der Waals surface area (Å²) in [6, 6.07) is 5.24. The smallest absolute Gasteiger partial charge is 0.234 e. The first-order valence-electron chi connectivity index (χ1n) is 6.77. The second-order valence-electron chi connectivity index (χ2n) is 4.17. The van der Waals surface area contributed by atoms with Gasteiger partial charge in [-0.25, -0.2) is 0 Å². The number of hydrogen-bond acceptors (Lipinski definition) is 8. The highest BCUT2D eigenvalue weighted by Crippen LogP contribution is 2.31. The fraction of sp³-hybridized carbons (Fsp3) is 0.357. The SMILES string of the molecule is CCSc1nnc(SCC(=O)Nc2ccc(OC)c(OC)c2)s1. The Bertz CT molecular complexity index is 664. The van der Waals surface area contributed by atoms with Crippen molar-refractivity contribution >= 4 is 46.5 Å². The molecule has 0 saturated carbocycles. The van der Waals surface area contributed by atoms with Crippen LogP contribution in [-0.4, -0.2) is 41.8 Å². The van der Waals surface area contributed by atoms with Crippen LogP contribution in [0.1, 0.15) is 6.92 Å². The molecule has 0 aliphatic carbocycles. The van der Waals surface area contributed by atoms with E-state index in [0.717, 1.165) is 14.4 Å². The van der Waals surface area contributed by atoms with Gasteiger partial charge in [0.2, 0.25) is 5.91 Å². The number of carbonyl (C=O) groups excluding carboxylic acids is 1. The maximum atomic E-state index is 12.0. The third-order valence-corrected chi connectivity index (χ3v) is 5.72. The maximum absolute atomic E-state index is 12.0. The van der Waals surface area contributed by atoms with Gasteiger partial charge < -0.3 is 14.8 Å². The van der Waals surface area contributed by atoms with Crippen LogP contribution in [0.2, 0.25) is 0 Å². The van der Waals surface area contributed by atoms with Crippen LogP contribution in [0.5, 0.6) is 11.5 Å². The van der Waals surface area contributed by atoms with Gasteiger partial charge in [0.15, 0.2) is 20.2 Å². The van der Waals surface area contributed by atoms with Crippen molar-refractivity contribution in [1.82, 2.24) is 10.2 Å². The van der Waals surface area contributed by atoms with Crippen molar-refractivity contribution in [3.63, 3.8) is 0 Å². The lowest BCUT2D eigenvalue weighted by Crippen LogP contribution is -2.14. The molecule has 2 rings (SSSR count). The molecule has 1 heterocycles. The number of nitrogens with zero attached hydrogens (tertiary/aromatic N) is 2. The van der Waals surface area contributed by atoms with E-state index in [2.05, 4.69) is 22.4 Å². The van der Waals surface area contributed by atoms with Gasteiger partial charge in [-0.2, -0.15) is 0 Å². The predicted octanol–water partition coefficient (Wildman–Crippen LogP) is 3.40. The number of aromatic nitrogens is 2. The second-order valence-corrected chi connectivity index (χ2v) is 7.88. The van der Waals surface area contributed by atoms with E-state index in [-0.39, 0.29) is 11.7 Å². The highest BCUT2D eigenvalue weighted by Gasteiger charge is 2.10. The molecule has 0 atom stereocenters. The Morgan fingerprint density at radius 2 is 1.87 bits per heavy atom. The highest BCUT2D eigenvalue weighted by atomic mass is 32.2. The number of benzene rings is 1. The Morgan fingerprint density at radius 3 is 2.52 bits per heavy atom. The molecule has 1 amide bonds. The fourth-order valence-electron chi connectivity index (χ4n) is 1.68. The van der Waals surface area contributed by atoms with E-state index >= 15 is 0 Å². The molecule has 0 spiro atoms. The Morgan fingerprint density at radius 1 is 1.17 bits per heavy atom. The van der Waals surface area contributed by atoms with Gasteiger partial charge in [0, 0.05) is 11.8 Å². The lowest BCUT2D eigenvalue weighted by Gasteiger charge is -2.10. The van der Waals surface area contributed by atoms with Crippen molar-refractivity contribution in [3.8, 4) is 11.5 Å². The van der Waals surface area contributed by atoms with E-state index in [0.29, 0.717) is 17.2 Å². The van der Waals surface area contributed by atoms with Crippen LogP contribution >= 0.6 is 34.9 Å². The van der Waals surface area contributed by atoms with Crippen molar-refractivity contribution in [2.45, 2.75) is 15.6 Å². The summed E-state index contributed by atoms with van der Waals surface area (Å²) < 4.78 is 12.1. The molecule has 0 aliphatic rings. The van der Waals surface area contributed by atoms with Gasteiger partial charge in [0.1, 0.15) is 0 Å². The molecule has 1 aromatic heterocycles. The van der Waals surface area contributed by atoms with Crippen LogP contribution in [0.15, 0.2) is 26.9 Å². The molecule has 23 heavy (non-hydrogen) atoms. The molecular weight excluding hydrogens is 354 g/mol. The Balaban J connectivity index is 1.89. The molecule has 6 nitrogen and oxygen atoms in total. The van der Waals surface area contributed by atoms with Gasteiger partial charge >= 0.3 is 0 Å². The minimum absolute atomic E-state index is 0.109. The third-order valence-electron chi connectivity index (χ3n) is 2.65. The standard InChI is InChI=1S/C14H17N3O3S3/c1-4-21-13-16-17-14(23-13)22-8-12(18)15-9-5-6-10(19-2)11(7-9)20-3/h5-7H,4,8H2,1-3H3,(H,15,18). The molecular formula is C14H17N3O3S3. The summed E-state index contributed by atoms with van der Waals surface area (Å²) >= 11 is 4.53. The average molecular weight is 372 g/mol. The lowest BCUT2D eigenvalue weighted by molar-refractivity contribution is -0.113. The molecule has 0 unspecified atom stereocenters. The number of hydrogen-bond donors (Lipinski definition) is 1. The molecule has 0 fully saturated rings. The molecule has 124 valence electrons. The van der Waals surface area contributed by atoms with Crippen molar-refractivity contribution in [1.29, 1.82) is 0 Å². The zero-order valence-corrected chi connectivity index (χ0v) is 15.4. The van der Waals surface area contributed by atoms with Gasteiger partial charge in [0.25, 0.3) is 0 Å². The number of amides is 1. The maximum Gasteiger partial charge on any atom is 0.234 e. The largest absolute Gasteiger partial charge is 0.493 e. The van der Waals surface area contributed by atoms with Crippen LogP contribution in [0.4, 0.5) is 5.69 Å². The Labute approximate surface area is 147 Å².